The molecule has 43 heavy (non-hydrogen) atoms. The van der Waals surface area contributed by atoms with Gasteiger partial charge in [-0.3, -0.25) is 14.4 Å². The maximum atomic E-state index is 14.6. The fraction of sp³-hybridized carbons (Fsp3) is 0.300. The summed E-state index contributed by atoms with van der Waals surface area (Å²) in [5, 5.41) is 6.33. The van der Waals surface area contributed by atoms with Crippen molar-refractivity contribution in [3.8, 4) is 16.9 Å². The number of amides is 1. The van der Waals surface area contributed by atoms with Crippen LogP contribution in [0.1, 0.15) is 39.8 Å². The molecule has 224 valence electrons. The number of hydrogen-bond donors (Lipinski definition) is 1. The molecule has 10 nitrogen and oxygen atoms in total. The van der Waals surface area contributed by atoms with E-state index in [0.29, 0.717) is 53.5 Å². The molecule has 0 radical (unpaired) electrons. The number of pyridine rings is 2. The van der Waals surface area contributed by atoms with Crippen molar-refractivity contribution in [2.75, 3.05) is 26.8 Å². The molecule has 0 bridgehead atoms. The van der Waals surface area contributed by atoms with Gasteiger partial charge in [-0.15, -0.1) is 0 Å². The minimum atomic E-state index is -1.22. The number of hydroxylamine groups is 2. The van der Waals surface area contributed by atoms with E-state index in [2.05, 4.69) is 15.1 Å². The summed E-state index contributed by atoms with van der Waals surface area (Å²) in [6, 6.07) is 11.3. The summed E-state index contributed by atoms with van der Waals surface area (Å²) in [4.78, 5) is 38.4. The van der Waals surface area contributed by atoms with Gasteiger partial charge in [0, 0.05) is 62.5 Å². The molecule has 1 aliphatic rings. The van der Waals surface area contributed by atoms with Gasteiger partial charge in [0.1, 0.15) is 11.9 Å². The molecule has 3 aromatic heterocycles. The number of para-hydroxylation sites is 1. The molecular weight excluding hydrogens is 565 g/mol. The number of benzene rings is 1. The van der Waals surface area contributed by atoms with Crippen LogP contribution in [0.3, 0.4) is 0 Å². The summed E-state index contributed by atoms with van der Waals surface area (Å²) < 4.78 is 48.9. The summed E-state index contributed by atoms with van der Waals surface area (Å²) in [5.74, 6) is -4.73. The Morgan fingerprint density at radius 2 is 1.86 bits per heavy atom. The molecule has 4 heterocycles. The van der Waals surface area contributed by atoms with Gasteiger partial charge in [-0.1, -0.05) is 18.2 Å². The second-order valence-electron chi connectivity index (χ2n) is 10.2. The lowest BCUT2D eigenvalue weighted by Crippen LogP contribution is -2.24. The summed E-state index contributed by atoms with van der Waals surface area (Å²) in [5.41, 5.74) is 7.61. The highest BCUT2D eigenvalue weighted by atomic mass is 19.2. The Labute approximate surface area is 245 Å². The molecule has 0 unspecified atom stereocenters. The highest BCUT2D eigenvalue weighted by molar-refractivity contribution is 5.91. The fourth-order valence-corrected chi connectivity index (χ4v) is 5.18. The molecule has 2 atom stereocenters. The van der Waals surface area contributed by atoms with Crippen molar-refractivity contribution in [2.24, 2.45) is 11.7 Å². The van der Waals surface area contributed by atoms with Crippen LogP contribution in [-0.4, -0.2) is 63.3 Å². The molecule has 1 amide bonds. The van der Waals surface area contributed by atoms with Crippen LogP contribution in [0.15, 0.2) is 54.9 Å². The molecule has 1 aliphatic heterocycles. The molecule has 0 saturated carbocycles. The summed E-state index contributed by atoms with van der Waals surface area (Å²) >= 11 is 0. The average Bonchev–Trinajstić information content (AvgIpc) is 3.53. The van der Waals surface area contributed by atoms with Crippen LogP contribution in [0.5, 0.6) is 0 Å². The third-order valence-electron chi connectivity index (χ3n) is 7.27. The van der Waals surface area contributed by atoms with Gasteiger partial charge in [-0.2, -0.15) is 14.6 Å². The zero-order valence-corrected chi connectivity index (χ0v) is 23.5. The van der Waals surface area contributed by atoms with Crippen LogP contribution < -0.4 is 5.73 Å². The van der Waals surface area contributed by atoms with Crippen LogP contribution >= 0.6 is 0 Å². The molecule has 4 aromatic rings. The van der Waals surface area contributed by atoms with E-state index in [9.17, 15) is 22.8 Å². The quantitative estimate of drug-likeness (QED) is 0.259. The number of carbonyl (C=O) groups excluding carboxylic acids is 2. The third kappa shape index (κ3) is 6.48. The van der Waals surface area contributed by atoms with Crippen LogP contribution in [0.25, 0.3) is 16.9 Å². The predicted octanol–water partition coefficient (Wildman–Crippen LogP) is 3.91. The Kier molecular flexibility index (Phi) is 8.94. The van der Waals surface area contributed by atoms with E-state index in [1.807, 2.05) is 30.3 Å². The first kappa shape index (κ1) is 30.0. The molecule has 1 saturated heterocycles. The number of ketones is 1. The summed E-state index contributed by atoms with van der Waals surface area (Å²) in [7, 11) is 1.55. The van der Waals surface area contributed by atoms with Crippen LogP contribution in [0.4, 0.5) is 13.2 Å². The standard InChI is InChI=1S/C30H29F3N6O4/c1-17-25(39(21-6-4-3-5-7-21)37-26(17)18-11-23(31)27(30(34)41)35-14-18)13-22(40)10-20-16-38(8-9-42-2)43-28(20)19-12-24(32)29(33)36-15-19/h3-7,11-12,14-15,20,28H,8-10,13,16H2,1-2H3,(H2,34,41)/t20-,28+/m1/s1. The molecule has 2 N–H and O–H groups in total. The second kappa shape index (κ2) is 12.8. The Morgan fingerprint density at radius 3 is 2.53 bits per heavy atom. The van der Waals surface area contributed by atoms with Crippen molar-refractivity contribution < 1.29 is 32.3 Å². The zero-order valence-electron chi connectivity index (χ0n) is 23.5. The summed E-state index contributed by atoms with van der Waals surface area (Å²) in [6.07, 6.45) is 1.82. The number of hydrogen-bond acceptors (Lipinski definition) is 8. The van der Waals surface area contributed by atoms with E-state index in [-0.39, 0.29) is 24.5 Å². The Hall–Kier alpha value is -4.46. The predicted molar refractivity (Wildman–Crippen MR) is 148 cm³/mol. The minimum Gasteiger partial charge on any atom is -0.383 e. The van der Waals surface area contributed by atoms with Gasteiger partial charge in [0.2, 0.25) is 5.95 Å². The van der Waals surface area contributed by atoms with Crippen molar-refractivity contribution in [2.45, 2.75) is 25.9 Å². The number of primary amides is 1. The molecule has 1 fully saturated rings. The van der Waals surface area contributed by atoms with Gasteiger partial charge in [-0.05, 0) is 36.8 Å². The molecule has 13 heteroatoms. The van der Waals surface area contributed by atoms with E-state index in [4.69, 9.17) is 15.3 Å². The van der Waals surface area contributed by atoms with Gasteiger partial charge in [-0.25, -0.2) is 23.4 Å². The lowest BCUT2D eigenvalue weighted by molar-refractivity contribution is -0.155. The van der Waals surface area contributed by atoms with E-state index in [0.717, 1.165) is 12.1 Å². The lowest BCUT2D eigenvalue weighted by Gasteiger charge is -2.17. The van der Waals surface area contributed by atoms with E-state index in [1.165, 1.54) is 12.4 Å². The van der Waals surface area contributed by atoms with Crippen molar-refractivity contribution in [3.05, 3.63) is 95.0 Å². The molecule has 0 aliphatic carbocycles. The first-order chi connectivity index (χ1) is 20.7. The average molecular weight is 595 g/mol. The van der Waals surface area contributed by atoms with Gasteiger partial charge >= 0.3 is 0 Å². The van der Waals surface area contributed by atoms with E-state index in [1.54, 1.807) is 23.8 Å². The lowest BCUT2D eigenvalue weighted by atomic mass is 9.91. The summed E-state index contributed by atoms with van der Waals surface area (Å²) in [6.45, 7) is 2.91. The van der Waals surface area contributed by atoms with Crippen molar-refractivity contribution in [1.29, 1.82) is 0 Å². The van der Waals surface area contributed by atoms with Crippen molar-refractivity contribution in [1.82, 2.24) is 24.8 Å². The Morgan fingerprint density at radius 1 is 1.09 bits per heavy atom. The first-order valence-electron chi connectivity index (χ1n) is 13.5. The minimum absolute atomic E-state index is 0.0275. The SMILES string of the molecule is COCCN1C[C@@H](CC(=O)Cc2c(C)c(-c3cnc(C(N)=O)c(F)c3)nn2-c2ccccc2)[C@H](c2cnc(F)c(F)c2)O1. The van der Waals surface area contributed by atoms with Gasteiger partial charge < -0.3 is 10.5 Å². The van der Waals surface area contributed by atoms with Gasteiger partial charge in [0.05, 0.1) is 23.7 Å². The highest BCUT2D eigenvalue weighted by Crippen LogP contribution is 2.37. The number of halogens is 3. The number of nitrogens with two attached hydrogens (primary N) is 1. The third-order valence-corrected chi connectivity index (χ3v) is 7.27. The number of carbonyl (C=O) groups is 2. The fourth-order valence-electron chi connectivity index (χ4n) is 5.18. The van der Waals surface area contributed by atoms with Crippen molar-refractivity contribution >= 4 is 11.7 Å². The normalized spacial score (nSPS) is 17.0. The largest absolute Gasteiger partial charge is 0.383 e. The number of methoxy groups -OCH3 is 1. The topological polar surface area (TPSA) is 125 Å². The van der Waals surface area contributed by atoms with Crippen LogP contribution in [0, 0.1) is 30.4 Å². The molecule has 0 spiro atoms. The number of nitrogens with zero attached hydrogens (tertiary/aromatic N) is 5. The van der Waals surface area contributed by atoms with Gasteiger partial charge in [0.15, 0.2) is 17.3 Å². The smallest absolute Gasteiger partial charge is 0.270 e. The van der Waals surface area contributed by atoms with Crippen LogP contribution in [-0.2, 0) is 20.8 Å². The zero-order chi connectivity index (χ0) is 30.7. The van der Waals surface area contributed by atoms with E-state index < -0.39 is 35.3 Å². The van der Waals surface area contributed by atoms with Crippen LogP contribution in [0.2, 0.25) is 0 Å². The maximum absolute atomic E-state index is 14.6. The first-order valence-corrected chi connectivity index (χ1v) is 13.5. The Balaban J connectivity index is 1.45. The maximum Gasteiger partial charge on any atom is 0.270 e. The molecule has 5 rings (SSSR count). The number of rotatable bonds is 11. The second-order valence-corrected chi connectivity index (χ2v) is 10.2. The molecule has 1 aromatic carbocycles. The monoisotopic (exact) mass is 594 g/mol. The van der Waals surface area contributed by atoms with Crippen molar-refractivity contribution in [3.63, 3.8) is 0 Å². The number of ether oxygens (including phenoxy) is 1. The van der Waals surface area contributed by atoms with Gasteiger partial charge in [0.25, 0.3) is 5.91 Å². The van der Waals surface area contributed by atoms with E-state index >= 15 is 0 Å². The Bertz CT molecular complexity index is 1650. The number of Topliss-reactive ketones (excluding diaryl/α,β-unsaturated/α-hetero) is 1. The number of aromatic nitrogens is 4. The highest BCUT2D eigenvalue weighted by Gasteiger charge is 2.37. The molecular formula is C30H29F3N6O4.